The summed E-state index contributed by atoms with van der Waals surface area (Å²) in [6.45, 7) is 9.56. The Morgan fingerprint density at radius 3 is 2.23 bits per heavy atom. The van der Waals surface area contributed by atoms with Crippen molar-refractivity contribution in [2.75, 3.05) is 6.54 Å². The van der Waals surface area contributed by atoms with Crippen LogP contribution in [0.1, 0.15) is 47.0 Å². The highest BCUT2D eigenvalue weighted by molar-refractivity contribution is 5.82. The number of rotatable bonds is 6. The lowest BCUT2D eigenvalue weighted by Gasteiger charge is -2.05. The van der Waals surface area contributed by atoms with E-state index in [0.29, 0.717) is 5.92 Å². The minimum Gasteiger partial charge on any atom is -0.387 e. The molecule has 0 saturated carbocycles. The molecule has 78 valence electrons. The van der Waals surface area contributed by atoms with Gasteiger partial charge in [0.1, 0.15) is 0 Å². The second-order valence-electron chi connectivity index (χ2n) is 4.35. The number of hydrogen-bond acceptors (Lipinski definition) is 1. The molecule has 2 heteroatoms. The monoisotopic (exact) mass is 184 g/mol. The zero-order valence-corrected chi connectivity index (χ0v) is 9.51. The molecular formula is C11H24N2. The molecule has 0 rings (SSSR count). The molecule has 0 aromatic rings. The fourth-order valence-electron chi connectivity index (χ4n) is 1.06. The molecule has 2 N–H and O–H groups in total. The van der Waals surface area contributed by atoms with Crippen molar-refractivity contribution >= 4 is 5.84 Å². The van der Waals surface area contributed by atoms with E-state index in [1.165, 1.54) is 19.3 Å². The predicted octanol–water partition coefficient (Wildman–Crippen LogP) is 2.83. The van der Waals surface area contributed by atoms with Gasteiger partial charge >= 0.3 is 0 Å². The van der Waals surface area contributed by atoms with Gasteiger partial charge in [-0.25, -0.2) is 0 Å². The quantitative estimate of drug-likeness (QED) is 0.385. The second kappa shape index (κ2) is 6.93. The van der Waals surface area contributed by atoms with Crippen LogP contribution in [0.5, 0.6) is 0 Å². The van der Waals surface area contributed by atoms with E-state index in [1.807, 2.05) is 0 Å². The molecular weight excluding hydrogens is 160 g/mol. The largest absolute Gasteiger partial charge is 0.387 e. The first-order valence-electron chi connectivity index (χ1n) is 5.33. The van der Waals surface area contributed by atoms with E-state index < -0.39 is 0 Å². The number of nitrogens with two attached hydrogens (primary N) is 1. The lowest BCUT2D eigenvalue weighted by Crippen LogP contribution is -2.19. The molecule has 0 saturated heterocycles. The summed E-state index contributed by atoms with van der Waals surface area (Å²) in [6, 6.07) is 0. The Labute approximate surface area is 82.6 Å². The van der Waals surface area contributed by atoms with E-state index in [0.717, 1.165) is 18.3 Å². The van der Waals surface area contributed by atoms with Gasteiger partial charge in [0, 0.05) is 12.5 Å². The van der Waals surface area contributed by atoms with E-state index in [2.05, 4.69) is 32.7 Å². The Bertz CT molecular complexity index is 148. The molecule has 0 amide bonds. The number of hydrogen-bond donors (Lipinski definition) is 1. The minimum absolute atomic E-state index is 0.394. The van der Waals surface area contributed by atoms with Crippen LogP contribution in [-0.4, -0.2) is 12.4 Å². The highest BCUT2D eigenvalue weighted by atomic mass is 14.8. The van der Waals surface area contributed by atoms with Crippen LogP contribution in [0.15, 0.2) is 4.99 Å². The summed E-state index contributed by atoms with van der Waals surface area (Å²) in [5.41, 5.74) is 5.71. The van der Waals surface area contributed by atoms with Gasteiger partial charge in [-0.05, 0) is 12.3 Å². The molecule has 0 heterocycles. The van der Waals surface area contributed by atoms with Gasteiger partial charge in [-0.15, -0.1) is 0 Å². The minimum atomic E-state index is 0.394. The maximum absolute atomic E-state index is 5.71. The van der Waals surface area contributed by atoms with E-state index in [4.69, 9.17) is 5.73 Å². The van der Waals surface area contributed by atoms with Crippen molar-refractivity contribution in [3.05, 3.63) is 0 Å². The average Bonchev–Trinajstić information content (AvgIpc) is 2.02. The molecule has 0 aliphatic heterocycles. The first-order chi connectivity index (χ1) is 6.04. The lowest BCUT2D eigenvalue weighted by atomic mass is 10.1. The Balaban J connectivity index is 3.39. The first-order valence-corrected chi connectivity index (χ1v) is 5.33. The Kier molecular flexibility index (Phi) is 6.65. The van der Waals surface area contributed by atoms with Crippen LogP contribution >= 0.6 is 0 Å². The lowest BCUT2D eigenvalue weighted by molar-refractivity contribution is 0.541. The van der Waals surface area contributed by atoms with Gasteiger partial charge in [0.05, 0.1) is 5.84 Å². The summed E-state index contributed by atoms with van der Waals surface area (Å²) in [5, 5.41) is 0. The van der Waals surface area contributed by atoms with Crippen LogP contribution in [0, 0.1) is 11.8 Å². The molecule has 2 nitrogen and oxygen atoms in total. The van der Waals surface area contributed by atoms with Crippen molar-refractivity contribution in [1.82, 2.24) is 0 Å². The molecule has 0 radical (unpaired) electrons. The summed E-state index contributed by atoms with van der Waals surface area (Å²) >= 11 is 0. The highest BCUT2D eigenvalue weighted by Gasteiger charge is 1.97. The van der Waals surface area contributed by atoms with Crippen molar-refractivity contribution in [3.63, 3.8) is 0 Å². The van der Waals surface area contributed by atoms with E-state index in [9.17, 15) is 0 Å². The SMILES string of the molecule is CC(C)CCCCN=C(N)C(C)C. The zero-order chi connectivity index (χ0) is 10.3. The van der Waals surface area contributed by atoms with Crippen LogP contribution in [-0.2, 0) is 0 Å². The summed E-state index contributed by atoms with van der Waals surface area (Å²) in [5.74, 6) is 2.00. The zero-order valence-electron chi connectivity index (χ0n) is 9.51. The van der Waals surface area contributed by atoms with Crippen LogP contribution < -0.4 is 5.73 Å². The molecule has 0 atom stereocenters. The molecule has 0 aromatic heterocycles. The fourth-order valence-corrected chi connectivity index (χ4v) is 1.06. The first kappa shape index (κ1) is 12.5. The van der Waals surface area contributed by atoms with Gasteiger partial charge < -0.3 is 5.73 Å². The molecule has 0 spiro atoms. The van der Waals surface area contributed by atoms with E-state index in [-0.39, 0.29) is 0 Å². The van der Waals surface area contributed by atoms with Crippen molar-refractivity contribution in [2.45, 2.75) is 47.0 Å². The third-order valence-electron chi connectivity index (χ3n) is 2.08. The summed E-state index contributed by atoms with van der Waals surface area (Å²) in [4.78, 5) is 4.31. The molecule has 0 aliphatic rings. The van der Waals surface area contributed by atoms with Crippen LogP contribution in [0.2, 0.25) is 0 Å². The van der Waals surface area contributed by atoms with Crippen LogP contribution in [0.25, 0.3) is 0 Å². The second-order valence-corrected chi connectivity index (χ2v) is 4.35. The maximum Gasteiger partial charge on any atom is 0.0962 e. The molecule has 0 bridgehead atoms. The Hall–Kier alpha value is -0.530. The predicted molar refractivity (Wildman–Crippen MR) is 60.0 cm³/mol. The third kappa shape index (κ3) is 7.82. The normalized spacial score (nSPS) is 12.9. The van der Waals surface area contributed by atoms with Gasteiger partial charge in [-0.1, -0.05) is 40.5 Å². The van der Waals surface area contributed by atoms with E-state index >= 15 is 0 Å². The van der Waals surface area contributed by atoms with Gasteiger partial charge in [-0.3, -0.25) is 4.99 Å². The maximum atomic E-state index is 5.71. The Morgan fingerprint density at radius 1 is 1.15 bits per heavy atom. The number of amidine groups is 1. The molecule has 0 aliphatic carbocycles. The van der Waals surface area contributed by atoms with Crippen LogP contribution in [0.4, 0.5) is 0 Å². The molecule has 0 unspecified atom stereocenters. The van der Waals surface area contributed by atoms with Crippen LogP contribution in [0.3, 0.4) is 0 Å². The fraction of sp³-hybridized carbons (Fsp3) is 0.909. The van der Waals surface area contributed by atoms with Gasteiger partial charge in [0.25, 0.3) is 0 Å². The summed E-state index contributed by atoms with van der Waals surface area (Å²) in [6.07, 6.45) is 3.75. The third-order valence-corrected chi connectivity index (χ3v) is 2.08. The standard InChI is InChI=1S/C11H24N2/c1-9(2)7-5-6-8-13-11(12)10(3)4/h9-10H,5-8H2,1-4H3,(H2,12,13). The summed E-state index contributed by atoms with van der Waals surface area (Å²) in [7, 11) is 0. The molecule has 0 aromatic carbocycles. The van der Waals surface area contributed by atoms with Gasteiger partial charge in [-0.2, -0.15) is 0 Å². The highest BCUT2D eigenvalue weighted by Crippen LogP contribution is 2.06. The van der Waals surface area contributed by atoms with E-state index in [1.54, 1.807) is 0 Å². The number of aliphatic imine (C=N–C) groups is 1. The summed E-state index contributed by atoms with van der Waals surface area (Å²) < 4.78 is 0. The van der Waals surface area contributed by atoms with Crippen molar-refractivity contribution in [1.29, 1.82) is 0 Å². The smallest absolute Gasteiger partial charge is 0.0962 e. The number of nitrogens with zero attached hydrogens (tertiary/aromatic N) is 1. The molecule has 13 heavy (non-hydrogen) atoms. The topological polar surface area (TPSA) is 38.4 Å². The number of unbranched alkanes of at least 4 members (excludes halogenated alkanes) is 1. The van der Waals surface area contributed by atoms with Gasteiger partial charge in [0.15, 0.2) is 0 Å². The average molecular weight is 184 g/mol. The molecule has 0 fully saturated rings. The van der Waals surface area contributed by atoms with Gasteiger partial charge in [0.2, 0.25) is 0 Å². The van der Waals surface area contributed by atoms with Crippen molar-refractivity contribution < 1.29 is 0 Å². The van der Waals surface area contributed by atoms with Crippen molar-refractivity contribution in [3.8, 4) is 0 Å². The van der Waals surface area contributed by atoms with Crippen molar-refractivity contribution in [2.24, 2.45) is 22.6 Å². The Morgan fingerprint density at radius 2 is 1.77 bits per heavy atom.